The quantitative estimate of drug-likeness (QED) is 0.899. The van der Waals surface area contributed by atoms with E-state index in [9.17, 15) is 0 Å². The van der Waals surface area contributed by atoms with Gasteiger partial charge >= 0.3 is 0 Å². The minimum atomic E-state index is 0.250. The van der Waals surface area contributed by atoms with Gasteiger partial charge in [0.15, 0.2) is 0 Å². The lowest BCUT2D eigenvalue weighted by molar-refractivity contribution is 0.391. The van der Waals surface area contributed by atoms with Crippen molar-refractivity contribution in [3.05, 3.63) is 41.1 Å². The number of hydrogen-bond donors (Lipinski definition) is 1. The second-order valence-electron chi connectivity index (χ2n) is 5.09. The van der Waals surface area contributed by atoms with E-state index in [4.69, 9.17) is 4.74 Å². The second-order valence-corrected chi connectivity index (χ2v) is 5.09. The average Bonchev–Trinajstić information content (AvgIpc) is 2.78. The predicted octanol–water partition coefficient (Wildman–Crippen LogP) is 2.91. The number of benzene rings is 1. The maximum Gasteiger partial charge on any atom is 0.125 e. The van der Waals surface area contributed by atoms with Crippen LogP contribution in [0.1, 0.15) is 29.3 Å². The van der Waals surface area contributed by atoms with E-state index < -0.39 is 0 Å². The molecule has 1 unspecified atom stereocenters. The molecule has 0 spiro atoms. The van der Waals surface area contributed by atoms with Crippen LogP contribution in [0.5, 0.6) is 5.75 Å². The number of nitrogens with one attached hydrogen (secondary N) is 1. The summed E-state index contributed by atoms with van der Waals surface area (Å²) in [5.41, 5.74) is 3.51. The van der Waals surface area contributed by atoms with Crippen molar-refractivity contribution in [2.24, 2.45) is 0 Å². The van der Waals surface area contributed by atoms with Crippen LogP contribution in [0.25, 0.3) is 0 Å². The van der Waals surface area contributed by atoms with E-state index in [1.165, 1.54) is 11.1 Å². The largest absolute Gasteiger partial charge is 0.496 e. The monoisotopic (exact) mass is 257 g/mol. The summed E-state index contributed by atoms with van der Waals surface area (Å²) in [6, 6.07) is 8.67. The topological polar surface area (TPSA) is 39.1 Å². The summed E-state index contributed by atoms with van der Waals surface area (Å²) < 4.78 is 7.59. The number of anilines is 1. The first-order valence-corrected chi connectivity index (χ1v) is 6.63. The van der Waals surface area contributed by atoms with Crippen molar-refractivity contribution < 1.29 is 4.74 Å². The molecule has 1 aromatic heterocycles. The number of ether oxygens (including phenoxy) is 1. The highest BCUT2D eigenvalue weighted by Gasteiger charge is 2.25. The fourth-order valence-corrected chi connectivity index (χ4v) is 2.75. The Morgan fingerprint density at radius 2 is 2.16 bits per heavy atom. The maximum atomic E-state index is 5.51. The molecule has 4 nitrogen and oxygen atoms in total. The Labute approximate surface area is 113 Å². The lowest BCUT2D eigenvalue weighted by Gasteiger charge is -2.27. The van der Waals surface area contributed by atoms with Crippen LogP contribution in [0.3, 0.4) is 0 Å². The molecule has 0 radical (unpaired) electrons. The Morgan fingerprint density at radius 1 is 1.32 bits per heavy atom. The first kappa shape index (κ1) is 12.1. The van der Waals surface area contributed by atoms with E-state index in [0.717, 1.165) is 30.2 Å². The number of nitrogens with zero attached hydrogens (tertiary/aromatic N) is 2. The van der Waals surface area contributed by atoms with Gasteiger partial charge in [-0.3, -0.25) is 0 Å². The third-order valence-electron chi connectivity index (χ3n) is 3.62. The molecule has 3 rings (SSSR count). The summed E-state index contributed by atoms with van der Waals surface area (Å²) in [6.45, 7) is 5.10. The zero-order chi connectivity index (χ0) is 13.4. The molecule has 1 aliphatic heterocycles. The fourth-order valence-electron chi connectivity index (χ4n) is 2.75. The van der Waals surface area contributed by atoms with Crippen LogP contribution in [-0.4, -0.2) is 23.4 Å². The van der Waals surface area contributed by atoms with Gasteiger partial charge in [0.1, 0.15) is 11.6 Å². The summed E-state index contributed by atoms with van der Waals surface area (Å²) in [5, 5.41) is 8.01. The van der Waals surface area contributed by atoms with E-state index >= 15 is 0 Å². The Kier molecular flexibility index (Phi) is 2.93. The van der Waals surface area contributed by atoms with Crippen LogP contribution < -0.4 is 10.1 Å². The highest BCUT2D eigenvalue weighted by Crippen LogP contribution is 2.35. The van der Waals surface area contributed by atoms with Gasteiger partial charge in [-0.05, 0) is 26.3 Å². The molecule has 1 aliphatic rings. The van der Waals surface area contributed by atoms with Crippen LogP contribution >= 0.6 is 0 Å². The first-order valence-electron chi connectivity index (χ1n) is 6.63. The van der Waals surface area contributed by atoms with Gasteiger partial charge in [-0.15, -0.1) is 0 Å². The minimum Gasteiger partial charge on any atom is -0.496 e. The molecule has 4 heteroatoms. The third-order valence-corrected chi connectivity index (χ3v) is 3.62. The van der Waals surface area contributed by atoms with Crippen LogP contribution in [0.2, 0.25) is 0 Å². The zero-order valence-corrected chi connectivity index (χ0v) is 11.6. The lowest BCUT2D eigenvalue weighted by Crippen LogP contribution is -2.24. The number of methoxy groups -OCH3 is 1. The Bertz CT molecular complexity index is 603. The standard InChI is InChI=1S/C15H19N3O/c1-10-4-5-14(19-3)12(8-10)13-6-7-16-15-9-11(2)17-18(13)15/h4-5,8-9,13,16H,6-7H2,1-3H3. The average molecular weight is 257 g/mol. The van der Waals surface area contributed by atoms with E-state index in [1.54, 1.807) is 7.11 Å². The Morgan fingerprint density at radius 3 is 2.95 bits per heavy atom. The van der Waals surface area contributed by atoms with Crippen LogP contribution in [0, 0.1) is 13.8 Å². The summed E-state index contributed by atoms with van der Waals surface area (Å²) in [5.74, 6) is 2.04. The van der Waals surface area contributed by atoms with E-state index in [0.29, 0.717) is 0 Å². The molecule has 100 valence electrons. The summed E-state index contributed by atoms with van der Waals surface area (Å²) in [4.78, 5) is 0. The van der Waals surface area contributed by atoms with Gasteiger partial charge in [-0.2, -0.15) is 5.10 Å². The number of fused-ring (bicyclic) bond motifs is 1. The minimum absolute atomic E-state index is 0.250. The molecule has 2 aromatic rings. The smallest absolute Gasteiger partial charge is 0.125 e. The molecule has 19 heavy (non-hydrogen) atoms. The number of rotatable bonds is 2. The molecule has 0 bridgehead atoms. The predicted molar refractivity (Wildman–Crippen MR) is 75.9 cm³/mol. The molecule has 0 amide bonds. The normalized spacial score (nSPS) is 17.7. The van der Waals surface area contributed by atoms with Gasteiger partial charge < -0.3 is 10.1 Å². The highest BCUT2D eigenvalue weighted by molar-refractivity contribution is 5.45. The molecular formula is C15H19N3O. The molecule has 0 saturated carbocycles. The molecule has 1 atom stereocenters. The summed E-state index contributed by atoms with van der Waals surface area (Å²) in [7, 11) is 1.73. The van der Waals surface area contributed by atoms with Gasteiger partial charge in [-0.25, -0.2) is 4.68 Å². The van der Waals surface area contributed by atoms with Crippen molar-refractivity contribution in [3.8, 4) is 5.75 Å². The van der Waals surface area contributed by atoms with Crippen molar-refractivity contribution >= 4 is 5.82 Å². The zero-order valence-electron chi connectivity index (χ0n) is 11.6. The molecule has 2 heterocycles. The number of aromatic nitrogens is 2. The van der Waals surface area contributed by atoms with Gasteiger partial charge in [0.2, 0.25) is 0 Å². The van der Waals surface area contributed by atoms with Crippen LogP contribution in [0.4, 0.5) is 5.82 Å². The van der Waals surface area contributed by atoms with Crippen LogP contribution in [-0.2, 0) is 0 Å². The van der Waals surface area contributed by atoms with E-state index in [2.05, 4.69) is 40.2 Å². The van der Waals surface area contributed by atoms with Crippen molar-refractivity contribution in [2.75, 3.05) is 19.0 Å². The van der Waals surface area contributed by atoms with Gasteiger partial charge in [0, 0.05) is 18.2 Å². The van der Waals surface area contributed by atoms with Gasteiger partial charge in [0.05, 0.1) is 18.8 Å². The van der Waals surface area contributed by atoms with E-state index in [-0.39, 0.29) is 6.04 Å². The van der Waals surface area contributed by atoms with Crippen molar-refractivity contribution in [1.82, 2.24) is 9.78 Å². The van der Waals surface area contributed by atoms with Gasteiger partial charge in [-0.1, -0.05) is 17.7 Å². The first-order chi connectivity index (χ1) is 9.19. The Balaban J connectivity index is 2.10. The molecule has 0 saturated heterocycles. The number of aryl methyl sites for hydroxylation is 2. The highest BCUT2D eigenvalue weighted by atomic mass is 16.5. The fraction of sp³-hybridized carbons (Fsp3) is 0.400. The second kappa shape index (κ2) is 4.61. The molecule has 0 aliphatic carbocycles. The van der Waals surface area contributed by atoms with Crippen LogP contribution in [0.15, 0.2) is 24.3 Å². The van der Waals surface area contributed by atoms with Crippen molar-refractivity contribution in [3.63, 3.8) is 0 Å². The van der Waals surface area contributed by atoms with E-state index in [1.807, 2.05) is 13.0 Å². The molecule has 0 fully saturated rings. The Hall–Kier alpha value is -1.97. The summed E-state index contributed by atoms with van der Waals surface area (Å²) >= 11 is 0. The molecule has 1 N–H and O–H groups in total. The lowest BCUT2D eigenvalue weighted by atomic mass is 9.99. The summed E-state index contributed by atoms with van der Waals surface area (Å²) in [6.07, 6.45) is 1.02. The van der Waals surface area contributed by atoms with Crippen molar-refractivity contribution in [1.29, 1.82) is 0 Å². The van der Waals surface area contributed by atoms with Crippen molar-refractivity contribution in [2.45, 2.75) is 26.3 Å². The maximum absolute atomic E-state index is 5.51. The third kappa shape index (κ3) is 2.07. The molecular weight excluding hydrogens is 238 g/mol. The molecule has 1 aromatic carbocycles. The number of hydrogen-bond acceptors (Lipinski definition) is 3. The SMILES string of the molecule is COc1ccc(C)cc1C1CCNc2cc(C)nn21. The van der Waals surface area contributed by atoms with Gasteiger partial charge in [0.25, 0.3) is 0 Å².